The molecule has 1 atom stereocenters. The van der Waals surface area contributed by atoms with Crippen molar-refractivity contribution in [2.75, 3.05) is 66.6 Å². The van der Waals surface area contributed by atoms with Gasteiger partial charge in [-0.1, -0.05) is 17.7 Å². The van der Waals surface area contributed by atoms with Gasteiger partial charge in [0.05, 0.1) is 6.61 Å². The van der Waals surface area contributed by atoms with E-state index >= 15 is 0 Å². The van der Waals surface area contributed by atoms with Crippen LogP contribution in [0.5, 0.6) is 0 Å². The van der Waals surface area contributed by atoms with Crippen LogP contribution in [0.15, 0.2) is 23.2 Å². The number of amides is 1. The molecular weight excluding hydrogens is 409 g/mol. The summed E-state index contributed by atoms with van der Waals surface area (Å²) < 4.78 is 19.6. The number of carbonyl (C=O) groups excluding carboxylic acids is 1. The molecule has 9 heteroatoms. The molecule has 30 heavy (non-hydrogen) atoms. The Labute approximate surface area is 182 Å². The maximum Gasteiger partial charge on any atom is 0.243 e. The van der Waals surface area contributed by atoms with Gasteiger partial charge in [0.25, 0.3) is 0 Å². The van der Waals surface area contributed by atoms with Crippen LogP contribution in [0.4, 0.5) is 4.39 Å². The van der Waals surface area contributed by atoms with E-state index in [-0.39, 0.29) is 18.3 Å². The highest BCUT2D eigenvalue weighted by molar-refractivity contribution is 6.31. The Balaban J connectivity index is 1.58. The average Bonchev–Trinajstić information content (AvgIpc) is 3.25. The molecule has 3 rings (SSSR count). The van der Waals surface area contributed by atoms with Crippen molar-refractivity contribution in [3.8, 4) is 0 Å². The number of carbonyl (C=O) groups is 1. The fraction of sp³-hybridized carbons (Fsp3) is 0.619. The molecular formula is C21H31ClFN5O2. The zero-order chi connectivity index (χ0) is 21.5. The molecule has 166 valence electrons. The highest BCUT2D eigenvalue weighted by Gasteiger charge is 2.23. The third-order valence-electron chi connectivity index (χ3n) is 5.55. The van der Waals surface area contributed by atoms with Crippen LogP contribution in [0, 0.1) is 11.7 Å². The number of ether oxygens (including phenoxy) is 1. The van der Waals surface area contributed by atoms with Crippen molar-refractivity contribution >= 4 is 23.5 Å². The Morgan fingerprint density at radius 2 is 2.10 bits per heavy atom. The Bertz CT molecular complexity index is 727. The van der Waals surface area contributed by atoms with Crippen molar-refractivity contribution in [3.05, 3.63) is 34.6 Å². The third-order valence-corrected chi connectivity index (χ3v) is 5.91. The van der Waals surface area contributed by atoms with Crippen LogP contribution in [-0.4, -0.2) is 93.1 Å². The Hall–Kier alpha value is -1.90. The molecule has 1 unspecified atom stereocenters. The van der Waals surface area contributed by atoms with Gasteiger partial charge in [0.2, 0.25) is 5.91 Å². The second-order valence-electron chi connectivity index (χ2n) is 8.00. The molecule has 7 nitrogen and oxygen atoms in total. The minimum absolute atomic E-state index is 0.0358. The number of nitrogens with one attached hydrogen (secondary N) is 1. The molecule has 1 amide bonds. The molecule has 1 N–H and O–H groups in total. The summed E-state index contributed by atoms with van der Waals surface area (Å²) in [4.78, 5) is 22.5. The second-order valence-corrected chi connectivity index (χ2v) is 8.41. The summed E-state index contributed by atoms with van der Waals surface area (Å²) in [7, 11) is 3.46. The summed E-state index contributed by atoms with van der Waals surface area (Å²) in [5.41, 5.74) is 0.539. The molecule has 2 saturated heterocycles. The lowest BCUT2D eigenvalue weighted by molar-refractivity contribution is -0.127. The lowest BCUT2D eigenvalue weighted by atomic mass is 10.1. The van der Waals surface area contributed by atoms with Gasteiger partial charge in [-0.15, -0.1) is 0 Å². The largest absolute Gasteiger partial charge is 0.381 e. The van der Waals surface area contributed by atoms with E-state index in [9.17, 15) is 9.18 Å². The first-order valence-corrected chi connectivity index (χ1v) is 10.8. The predicted octanol–water partition coefficient (Wildman–Crippen LogP) is 1.67. The normalized spacial score (nSPS) is 20.5. The van der Waals surface area contributed by atoms with Gasteiger partial charge in [-0.25, -0.2) is 9.38 Å². The van der Waals surface area contributed by atoms with Crippen LogP contribution in [0.25, 0.3) is 0 Å². The van der Waals surface area contributed by atoms with Crippen LogP contribution >= 0.6 is 11.6 Å². The van der Waals surface area contributed by atoms with Gasteiger partial charge in [0.1, 0.15) is 12.4 Å². The van der Waals surface area contributed by atoms with Crippen LogP contribution < -0.4 is 5.32 Å². The van der Waals surface area contributed by atoms with E-state index in [1.54, 1.807) is 31.1 Å². The van der Waals surface area contributed by atoms with Crippen molar-refractivity contribution in [1.82, 2.24) is 20.0 Å². The number of hydrogen-bond donors (Lipinski definition) is 1. The van der Waals surface area contributed by atoms with Gasteiger partial charge in [0.15, 0.2) is 5.96 Å². The van der Waals surface area contributed by atoms with Gasteiger partial charge in [-0.05, 0) is 18.6 Å². The van der Waals surface area contributed by atoms with E-state index in [4.69, 9.17) is 16.3 Å². The molecule has 0 radical (unpaired) electrons. The van der Waals surface area contributed by atoms with Crippen molar-refractivity contribution in [1.29, 1.82) is 0 Å². The molecule has 0 spiro atoms. The molecule has 0 aromatic heterocycles. The molecule has 0 bridgehead atoms. The number of aliphatic imine (C=N–C) groups is 1. The fourth-order valence-electron chi connectivity index (χ4n) is 3.56. The molecule has 2 aliphatic rings. The van der Waals surface area contributed by atoms with Gasteiger partial charge in [0, 0.05) is 76.5 Å². The third kappa shape index (κ3) is 6.30. The highest BCUT2D eigenvalue weighted by atomic mass is 35.5. The summed E-state index contributed by atoms with van der Waals surface area (Å²) >= 11 is 6.18. The van der Waals surface area contributed by atoms with Crippen molar-refractivity contribution in [2.24, 2.45) is 10.9 Å². The van der Waals surface area contributed by atoms with Gasteiger partial charge < -0.3 is 19.9 Å². The Morgan fingerprint density at radius 1 is 1.33 bits per heavy atom. The number of rotatable bonds is 6. The van der Waals surface area contributed by atoms with Gasteiger partial charge in [-0.2, -0.15) is 0 Å². The first-order valence-electron chi connectivity index (χ1n) is 10.4. The number of nitrogens with zero attached hydrogens (tertiary/aromatic N) is 4. The molecule has 0 saturated carbocycles. The average molecular weight is 440 g/mol. The van der Waals surface area contributed by atoms with Crippen molar-refractivity contribution in [2.45, 2.75) is 13.0 Å². The minimum atomic E-state index is -0.269. The van der Waals surface area contributed by atoms with E-state index < -0.39 is 0 Å². The second kappa shape index (κ2) is 10.9. The monoisotopic (exact) mass is 439 g/mol. The molecule has 1 aromatic carbocycles. The van der Waals surface area contributed by atoms with Crippen molar-refractivity contribution in [3.63, 3.8) is 0 Å². The molecule has 2 aliphatic heterocycles. The molecule has 1 aromatic rings. The van der Waals surface area contributed by atoms with Crippen LogP contribution in [0.1, 0.15) is 12.0 Å². The van der Waals surface area contributed by atoms with E-state index in [0.717, 1.165) is 58.3 Å². The lowest BCUT2D eigenvalue weighted by Gasteiger charge is -2.37. The van der Waals surface area contributed by atoms with E-state index in [1.165, 1.54) is 6.07 Å². The zero-order valence-corrected chi connectivity index (χ0v) is 18.5. The van der Waals surface area contributed by atoms with E-state index in [1.807, 2.05) is 0 Å². The maximum atomic E-state index is 14.1. The van der Waals surface area contributed by atoms with Gasteiger partial charge in [-0.3, -0.25) is 9.69 Å². The van der Waals surface area contributed by atoms with Crippen LogP contribution in [0.2, 0.25) is 5.02 Å². The van der Waals surface area contributed by atoms with E-state index in [2.05, 4.69) is 20.1 Å². The molecule has 0 aliphatic carbocycles. The minimum Gasteiger partial charge on any atom is -0.381 e. The van der Waals surface area contributed by atoms with Crippen LogP contribution in [0.3, 0.4) is 0 Å². The fourth-order valence-corrected chi connectivity index (χ4v) is 3.78. The summed E-state index contributed by atoms with van der Waals surface area (Å²) in [5.74, 6) is 0.908. The number of likely N-dealkylation sites (N-methyl/N-ethyl adjacent to an activating group) is 1. The van der Waals surface area contributed by atoms with Crippen molar-refractivity contribution < 1.29 is 13.9 Å². The Morgan fingerprint density at radius 3 is 2.73 bits per heavy atom. The first kappa shape index (κ1) is 22.8. The number of halogens is 2. The topological polar surface area (TPSA) is 60.4 Å². The standard InChI is InChI=1S/C21H31ClFN5O2/c1-26(2)20(29)13-25-21(24-12-16-6-11-30-15-16)28-9-7-27(8-10-28)14-17-18(22)4-3-5-19(17)23/h3-5,16H,6-15H2,1-2H3,(H,24,25). The molecule has 2 heterocycles. The summed E-state index contributed by atoms with van der Waals surface area (Å²) in [6, 6.07) is 4.79. The smallest absolute Gasteiger partial charge is 0.243 e. The quantitative estimate of drug-likeness (QED) is 0.539. The maximum absolute atomic E-state index is 14.1. The number of piperazine rings is 1. The molecule has 2 fully saturated rings. The van der Waals surface area contributed by atoms with E-state index in [0.29, 0.717) is 23.0 Å². The predicted molar refractivity (Wildman–Crippen MR) is 116 cm³/mol. The SMILES string of the molecule is CN(C)C(=O)CN=C(NCC1CCOC1)N1CCN(Cc2c(F)cccc2Cl)CC1. The Kier molecular flexibility index (Phi) is 8.30. The zero-order valence-electron chi connectivity index (χ0n) is 17.7. The number of guanidine groups is 1. The number of hydrogen-bond acceptors (Lipinski definition) is 4. The summed E-state index contributed by atoms with van der Waals surface area (Å²) in [6.45, 7) is 5.95. The van der Waals surface area contributed by atoms with Crippen LogP contribution in [-0.2, 0) is 16.1 Å². The first-order chi connectivity index (χ1) is 14.4. The summed E-state index contributed by atoms with van der Waals surface area (Å²) in [5, 5.41) is 3.89. The number of benzene rings is 1. The highest BCUT2D eigenvalue weighted by Crippen LogP contribution is 2.21. The van der Waals surface area contributed by atoms with Gasteiger partial charge >= 0.3 is 0 Å². The lowest BCUT2D eigenvalue weighted by Crippen LogP contribution is -2.53. The summed E-state index contributed by atoms with van der Waals surface area (Å²) in [6.07, 6.45) is 1.04.